The fourth-order valence-electron chi connectivity index (χ4n) is 2.03. The Bertz CT molecular complexity index is 668. The van der Waals surface area contributed by atoms with Gasteiger partial charge in [0.2, 0.25) is 0 Å². The third kappa shape index (κ3) is 3.49. The smallest absolute Gasteiger partial charge is 0.166 e. The van der Waals surface area contributed by atoms with Crippen LogP contribution in [0.3, 0.4) is 0 Å². The first-order chi connectivity index (χ1) is 10.7. The molecule has 0 atom stereocenters. The normalized spacial score (nSPS) is 10.7. The molecule has 0 aliphatic heterocycles. The molecule has 1 N–H and O–H groups in total. The van der Waals surface area contributed by atoms with E-state index in [4.69, 9.17) is 14.2 Å². The summed E-state index contributed by atoms with van der Waals surface area (Å²) >= 11 is 0. The number of rotatable bonds is 6. The van der Waals surface area contributed by atoms with Crippen LogP contribution in [-0.4, -0.2) is 32.7 Å². The summed E-state index contributed by atoms with van der Waals surface area (Å²) in [7, 11) is 4.73. The van der Waals surface area contributed by atoms with Crippen molar-refractivity contribution >= 4 is 6.21 Å². The van der Waals surface area contributed by atoms with E-state index in [1.807, 2.05) is 18.2 Å². The Hall–Kier alpha value is -2.69. The van der Waals surface area contributed by atoms with Crippen molar-refractivity contribution in [2.75, 3.05) is 21.3 Å². The highest BCUT2D eigenvalue weighted by molar-refractivity contribution is 5.84. The number of hydrogen-bond acceptors (Lipinski definition) is 5. The molecule has 0 aliphatic rings. The van der Waals surface area contributed by atoms with Crippen LogP contribution >= 0.6 is 0 Å². The van der Waals surface area contributed by atoms with Crippen molar-refractivity contribution in [2.45, 2.75) is 6.54 Å². The molecule has 0 fully saturated rings. The van der Waals surface area contributed by atoms with Crippen molar-refractivity contribution < 1.29 is 19.3 Å². The molecule has 0 radical (unpaired) electrons. The summed E-state index contributed by atoms with van der Waals surface area (Å²) in [5.74, 6) is 1.95. The molecule has 0 saturated heterocycles. The summed E-state index contributed by atoms with van der Waals surface area (Å²) in [4.78, 5) is 4.35. The van der Waals surface area contributed by atoms with Gasteiger partial charge >= 0.3 is 0 Å². The number of aliphatic imine (C=N–C) groups is 1. The molecule has 0 bridgehead atoms. The molecule has 0 aliphatic carbocycles. The van der Waals surface area contributed by atoms with E-state index in [2.05, 4.69) is 4.99 Å². The molecule has 2 rings (SSSR count). The molecule has 0 spiro atoms. The van der Waals surface area contributed by atoms with E-state index in [0.717, 1.165) is 11.3 Å². The van der Waals surface area contributed by atoms with Gasteiger partial charge in [0.25, 0.3) is 0 Å². The van der Waals surface area contributed by atoms with Crippen LogP contribution in [0.4, 0.5) is 0 Å². The van der Waals surface area contributed by atoms with Gasteiger partial charge in [0.1, 0.15) is 11.5 Å². The zero-order valence-corrected chi connectivity index (χ0v) is 12.9. The van der Waals surface area contributed by atoms with E-state index in [-0.39, 0.29) is 5.75 Å². The minimum Gasteiger partial charge on any atom is -0.504 e. The number of phenols is 1. The van der Waals surface area contributed by atoms with Gasteiger partial charge in [0.05, 0.1) is 27.9 Å². The van der Waals surface area contributed by atoms with Gasteiger partial charge in [-0.05, 0) is 24.3 Å². The Balaban J connectivity index is 2.16. The van der Waals surface area contributed by atoms with Gasteiger partial charge in [-0.3, -0.25) is 4.99 Å². The van der Waals surface area contributed by atoms with Crippen molar-refractivity contribution in [3.63, 3.8) is 0 Å². The minimum atomic E-state index is 0.0791. The monoisotopic (exact) mass is 301 g/mol. The Kier molecular flexibility index (Phi) is 5.25. The molecular formula is C17H19NO4. The maximum atomic E-state index is 10.00. The third-order valence-corrected chi connectivity index (χ3v) is 3.24. The Morgan fingerprint density at radius 3 is 2.45 bits per heavy atom. The number of phenolic OH excluding ortho intramolecular Hbond substituents is 1. The van der Waals surface area contributed by atoms with Gasteiger partial charge in [-0.1, -0.05) is 6.07 Å². The molecule has 22 heavy (non-hydrogen) atoms. The van der Waals surface area contributed by atoms with Crippen molar-refractivity contribution in [3.05, 3.63) is 47.5 Å². The standard InChI is InChI=1S/C17H19NO4/c1-20-14-8-7-12(16(9-14)22-3)10-18-11-13-5-4-6-15(21-2)17(13)19/h4-9,11,19H,10H2,1-3H3. The summed E-state index contributed by atoms with van der Waals surface area (Å²) < 4.78 is 15.6. The highest BCUT2D eigenvalue weighted by atomic mass is 16.5. The SMILES string of the molecule is COc1ccc(CN=Cc2cccc(OC)c2O)c(OC)c1. The largest absolute Gasteiger partial charge is 0.504 e. The molecule has 0 unspecified atom stereocenters. The van der Waals surface area contributed by atoms with E-state index < -0.39 is 0 Å². The molecular weight excluding hydrogens is 282 g/mol. The molecule has 5 heteroatoms. The van der Waals surface area contributed by atoms with Gasteiger partial charge < -0.3 is 19.3 Å². The molecule has 2 aromatic carbocycles. The van der Waals surface area contributed by atoms with E-state index in [1.54, 1.807) is 38.6 Å². The number of aromatic hydroxyl groups is 1. The molecule has 5 nitrogen and oxygen atoms in total. The summed E-state index contributed by atoms with van der Waals surface area (Å²) in [5, 5.41) is 10.00. The average molecular weight is 301 g/mol. The molecule has 0 aromatic heterocycles. The van der Waals surface area contributed by atoms with Gasteiger partial charge in [-0.15, -0.1) is 0 Å². The van der Waals surface area contributed by atoms with Crippen molar-refractivity contribution in [2.24, 2.45) is 4.99 Å². The summed E-state index contributed by atoms with van der Waals surface area (Å²) in [6, 6.07) is 10.8. The first-order valence-electron chi connectivity index (χ1n) is 6.76. The molecule has 2 aromatic rings. The molecule has 116 valence electrons. The predicted octanol–water partition coefficient (Wildman–Crippen LogP) is 3.04. The van der Waals surface area contributed by atoms with Crippen molar-refractivity contribution in [3.8, 4) is 23.0 Å². The van der Waals surface area contributed by atoms with Crippen molar-refractivity contribution in [1.82, 2.24) is 0 Å². The van der Waals surface area contributed by atoms with E-state index in [9.17, 15) is 5.11 Å². The van der Waals surface area contributed by atoms with E-state index in [1.165, 1.54) is 7.11 Å². The Morgan fingerprint density at radius 1 is 1.00 bits per heavy atom. The Morgan fingerprint density at radius 2 is 1.77 bits per heavy atom. The zero-order chi connectivity index (χ0) is 15.9. The highest BCUT2D eigenvalue weighted by Gasteiger charge is 2.06. The van der Waals surface area contributed by atoms with Crippen LogP contribution < -0.4 is 14.2 Å². The number of ether oxygens (including phenoxy) is 3. The number of benzene rings is 2. The second-order valence-electron chi connectivity index (χ2n) is 4.55. The second kappa shape index (κ2) is 7.36. The quantitative estimate of drug-likeness (QED) is 0.833. The third-order valence-electron chi connectivity index (χ3n) is 3.24. The molecule has 0 heterocycles. The number of methoxy groups -OCH3 is 3. The van der Waals surface area contributed by atoms with Crippen LogP contribution in [0, 0.1) is 0 Å². The van der Waals surface area contributed by atoms with Crippen LogP contribution in [0.1, 0.15) is 11.1 Å². The minimum absolute atomic E-state index is 0.0791. The van der Waals surface area contributed by atoms with Gasteiger partial charge in [0.15, 0.2) is 11.5 Å². The maximum Gasteiger partial charge on any atom is 0.166 e. The van der Waals surface area contributed by atoms with Crippen LogP contribution in [0.15, 0.2) is 41.4 Å². The van der Waals surface area contributed by atoms with Gasteiger partial charge in [0, 0.05) is 23.4 Å². The average Bonchev–Trinajstić information content (AvgIpc) is 2.56. The number of hydrogen-bond donors (Lipinski definition) is 1. The number of nitrogens with zero attached hydrogens (tertiary/aromatic N) is 1. The molecule has 0 saturated carbocycles. The van der Waals surface area contributed by atoms with Gasteiger partial charge in [-0.2, -0.15) is 0 Å². The van der Waals surface area contributed by atoms with Crippen LogP contribution in [0.2, 0.25) is 0 Å². The summed E-state index contributed by atoms with van der Waals surface area (Å²) in [5.41, 5.74) is 1.54. The predicted molar refractivity (Wildman–Crippen MR) is 85.5 cm³/mol. The van der Waals surface area contributed by atoms with E-state index >= 15 is 0 Å². The maximum absolute atomic E-state index is 10.00. The lowest BCUT2D eigenvalue weighted by atomic mass is 10.2. The van der Waals surface area contributed by atoms with Crippen molar-refractivity contribution in [1.29, 1.82) is 0 Å². The zero-order valence-electron chi connectivity index (χ0n) is 12.9. The Labute approximate surface area is 129 Å². The topological polar surface area (TPSA) is 60.3 Å². The van der Waals surface area contributed by atoms with E-state index in [0.29, 0.717) is 23.6 Å². The van der Waals surface area contributed by atoms with Gasteiger partial charge in [-0.25, -0.2) is 0 Å². The summed E-state index contributed by atoms with van der Waals surface area (Å²) in [6.45, 7) is 0.434. The lowest BCUT2D eigenvalue weighted by molar-refractivity contribution is 0.373. The van der Waals surface area contributed by atoms with Crippen LogP contribution in [0.25, 0.3) is 0 Å². The summed E-state index contributed by atoms with van der Waals surface area (Å²) in [6.07, 6.45) is 1.61. The van der Waals surface area contributed by atoms with Crippen LogP contribution in [0.5, 0.6) is 23.0 Å². The second-order valence-corrected chi connectivity index (χ2v) is 4.55. The van der Waals surface area contributed by atoms with Crippen LogP contribution in [-0.2, 0) is 6.54 Å². The first kappa shape index (κ1) is 15.7. The lowest BCUT2D eigenvalue weighted by Gasteiger charge is -2.08. The number of para-hydroxylation sites is 1. The molecule has 0 amide bonds. The fourth-order valence-corrected chi connectivity index (χ4v) is 2.03. The fraction of sp³-hybridized carbons (Fsp3) is 0.235. The lowest BCUT2D eigenvalue weighted by Crippen LogP contribution is -1.93. The highest BCUT2D eigenvalue weighted by Crippen LogP contribution is 2.28. The first-order valence-corrected chi connectivity index (χ1v) is 6.76.